The largest absolute Gasteiger partial charge is 0.354 e. The molecule has 1 atom stereocenters. The van der Waals surface area contributed by atoms with E-state index in [1.807, 2.05) is 12.1 Å². The second-order valence-electron chi connectivity index (χ2n) is 13.7. The molecule has 3 amide bonds. The number of amides is 3. The lowest BCUT2D eigenvalue weighted by atomic mass is 9.80. The Bertz CT molecular complexity index is 1890. The number of nitrogens with zero attached hydrogens (tertiary/aromatic N) is 6. The van der Waals surface area contributed by atoms with Gasteiger partial charge in [0.15, 0.2) is 0 Å². The summed E-state index contributed by atoms with van der Waals surface area (Å²) in [5.74, 6) is 0.355. The highest BCUT2D eigenvalue weighted by Gasteiger charge is 2.43. The molecule has 0 radical (unpaired) electrons. The highest BCUT2D eigenvalue weighted by molar-refractivity contribution is 6.28. The fourth-order valence-electron chi connectivity index (χ4n) is 8.44. The minimum absolute atomic E-state index is 0.00902. The van der Waals surface area contributed by atoms with Crippen molar-refractivity contribution >= 4 is 57.3 Å². The smallest absolute Gasteiger partial charge is 0.268 e. The van der Waals surface area contributed by atoms with Crippen LogP contribution >= 0.6 is 11.6 Å². The summed E-state index contributed by atoms with van der Waals surface area (Å²) in [4.78, 5) is 54.2. The molecule has 13 nitrogen and oxygen atoms in total. The standard InChI is InChI=1S/C19H24N6O2.C14H15ClN4O/c26-16-13(5-4-8-20-16)23-18-21-10-12-9-14-17(27)22-11-19(6-2-1-3-7-19)25(14)15(12)24-18;15-13-16-7-9-6-10-12(20)17-8-14(4-2-1-3-5-14)19(10)11(9)18-13/h9-10,13H,1-8,11H2,(H,20,26)(H,22,27)(H,21,23,24);6-7H,1-5,8H2,(H,17,20)/t13-;/m0./s1. The summed E-state index contributed by atoms with van der Waals surface area (Å²) in [5.41, 5.74) is 2.79. The quantitative estimate of drug-likeness (QED) is 0.235. The van der Waals surface area contributed by atoms with Gasteiger partial charge in [-0.3, -0.25) is 14.4 Å². The van der Waals surface area contributed by atoms with Crippen molar-refractivity contribution in [3.8, 4) is 0 Å². The molecule has 0 aromatic carbocycles. The lowest BCUT2D eigenvalue weighted by molar-refractivity contribution is -0.123. The first kappa shape index (κ1) is 30.1. The number of halogens is 1. The molecule has 3 fully saturated rings. The normalized spacial score (nSPS) is 22.9. The fourth-order valence-corrected chi connectivity index (χ4v) is 8.57. The summed E-state index contributed by atoms with van der Waals surface area (Å²) in [6.45, 7) is 2.06. The fraction of sp³-hybridized carbons (Fsp3) is 0.545. The molecule has 0 bridgehead atoms. The number of rotatable bonds is 2. The average molecular weight is 659 g/mol. The van der Waals surface area contributed by atoms with E-state index in [1.54, 1.807) is 12.4 Å². The van der Waals surface area contributed by atoms with Gasteiger partial charge in [0.2, 0.25) is 17.1 Å². The molecule has 4 N–H and O–H groups in total. The van der Waals surface area contributed by atoms with Crippen LogP contribution in [0.1, 0.15) is 98.0 Å². The van der Waals surface area contributed by atoms with Crippen molar-refractivity contribution in [2.45, 2.75) is 94.2 Å². The third-order valence-electron chi connectivity index (χ3n) is 10.8. The highest BCUT2D eigenvalue weighted by Crippen LogP contribution is 2.41. The maximum atomic E-state index is 12.5. The second-order valence-corrected chi connectivity index (χ2v) is 14.0. The number of carbonyl (C=O) groups excluding carboxylic acids is 3. The maximum Gasteiger partial charge on any atom is 0.268 e. The number of fused-ring (bicyclic) bond motifs is 8. The Kier molecular flexibility index (Phi) is 7.53. The molecular weight excluding hydrogens is 620 g/mol. The number of carbonyl (C=O) groups is 3. The SMILES string of the molecule is O=C1NCC2(CCCCC2)n2c1cc1cnc(Cl)nc12.O=C1NCC2(CCCCC2)n2c1cc1cnc(N[C@H]3CCCNC3=O)nc12. The van der Waals surface area contributed by atoms with Crippen molar-refractivity contribution < 1.29 is 14.4 Å². The summed E-state index contributed by atoms with van der Waals surface area (Å²) < 4.78 is 4.27. The molecule has 7 heterocycles. The number of aromatic nitrogens is 6. The van der Waals surface area contributed by atoms with Crippen LogP contribution in [0.4, 0.5) is 5.95 Å². The zero-order chi connectivity index (χ0) is 32.2. The number of hydrogen-bond acceptors (Lipinski definition) is 8. The molecule has 246 valence electrons. The molecule has 14 heteroatoms. The Balaban J connectivity index is 0.000000144. The van der Waals surface area contributed by atoms with Crippen molar-refractivity contribution in [1.82, 2.24) is 45.0 Å². The molecule has 5 aliphatic rings. The number of anilines is 1. The molecule has 1 saturated heterocycles. The van der Waals surface area contributed by atoms with E-state index in [-0.39, 0.29) is 40.1 Å². The van der Waals surface area contributed by atoms with E-state index in [4.69, 9.17) is 16.6 Å². The Morgan fingerprint density at radius 3 is 1.85 bits per heavy atom. The first-order valence-corrected chi connectivity index (χ1v) is 17.3. The van der Waals surface area contributed by atoms with Crippen LogP contribution in [0.2, 0.25) is 5.28 Å². The van der Waals surface area contributed by atoms with Gasteiger partial charge in [-0.15, -0.1) is 0 Å². The zero-order valence-corrected chi connectivity index (χ0v) is 27.0. The Morgan fingerprint density at radius 2 is 1.28 bits per heavy atom. The van der Waals surface area contributed by atoms with Gasteiger partial charge in [-0.05, 0) is 62.3 Å². The van der Waals surface area contributed by atoms with Gasteiger partial charge in [-0.25, -0.2) is 9.97 Å². The van der Waals surface area contributed by atoms with Gasteiger partial charge in [-0.1, -0.05) is 38.5 Å². The number of hydrogen-bond donors (Lipinski definition) is 4. The monoisotopic (exact) mass is 658 g/mol. The van der Waals surface area contributed by atoms with Crippen molar-refractivity contribution in [3.05, 3.63) is 41.2 Å². The first-order chi connectivity index (χ1) is 22.9. The van der Waals surface area contributed by atoms with E-state index in [0.717, 1.165) is 80.0 Å². The summed E-state index contributed by atoms with van der Waals surface area (Å²) in [6.07, 6.45) is 16.6. The van der Waals surface area contributed by atoms with Gasteiger partial charge >= 0.3 is 0 Å². The predicted molar refractivity (Wildman–Crippen MR) is 177 cm³/mol. The van der Waals surface area contributed by atoms with Gasteiger partial charge in [0.05, 0.1) is 11.1 Å². The molecule has 0 unspecified atom stereocenters. The zero-order valence-electron chi connectivity index (χ0n) is 26.3. The van der Waals surface area contributed by atoms with E-state index in [1.165, 1.54) is 25.7 Å². The van der Waals surface area contributed by atoms with Crippen LogP contribution in [-0.4, -0.2) is 72.5 Å². The van der Waals surface area contributed by atoms with Gasteiger partial charge in [-0.2, -0.15) is 9.97 Å². The van der Waals surface area contributed by atoms with Crippen molar-refractivity contribution in [3.63, 3.8) is 0 Å². The predicted octanol–water partition coefficient (Wildman–Crippen LogP) is 4.01. The molecule has 47 heavy (non-hydrogen) atoms. The topological polar surface area (TPSA) is 161 Å². The minimum Gasteiger partial charge on any atom is -0.354 e. The van der Waals surface area contributed by atoms with Crippen molar-refractivity contribution in [2.75, 3.05) is 25.0 Å². The number of piperidine rings is 1. The van der Waals surface area contributed by atoms with Gasteiger partial charge < -0.3 is 30.4 Å². The van der Waals surface area contributed by atoms with Crippen molar-refractivity contribution in [1.29, 1.82) is 0 Å². The molecule has 2 spiro atoms. The molecule has 4 aromatic rings. The molecule has 2 saturated carbocycles. The summed E-state index contributed by atoms with van der Waals surface area (Å²) in [5, 5.41) is 14.1. The van der Waals surface area contributed by atoms with Gasteiger partial charge in [0, 0.05) is 42.8 Å². The second kappa shape index (κ2) is 11.8. The van der Waals surface area contributed by atoms with Crippen LogP contribution in [-0.2, 0) is 15.9 Å². The summed E-state index contributed by atoms with van der Waals surface area (Å²) in [7, 11) is 0. The van der Waals surface area contributed by atoms with Crippen LogP contribution in [0, 0.1) is 0 Å². The third-order valence-corrected chi connectivity index (χ3v) is 11.0. The highest BCUT2D eigenvalue weighted by atomic mass is 35.5. The van der Waals surface area contributed by atoms with E-state index < -0.39 is 0 Å². The number of nitrogens with one attached hydrogen (secondary N) is 4. The van der Waals surface area contributed by atoms with Crippen LogP contribution in [0.5, 0.6) is 0 Å². The van der Waals surface area contributed by atoms with Crippen LogP contribution in [0.25, 0.3) is 22.1 Å². The van der Waals surface area contributed by atoms with E-state index in [9.17, 15) is 14.4 Å². The first-order valence-electron chi connectivity index (χ1n) is 16.9. The molecule has 9 rings (SSSR count). The van der Waals surface area contributed by atoms with Crippen LogP contribution in [0.3, 0.4) is 0 Å². The van der Waals surface area contributed by atoms with Gasteiger partial charge in [0.25, 0.3) is 11.8 Å². The Morgan fingerprint density at radius 1 is 0.723 bits per heavy atom. The van der Waals surface area contributed by atoms with E-state index in [0.29, 0.717) is 30.4 Å². The van der Waals surface area contributed by atoms with E-state index >= 15 is 0 Å². The van der Waals surface area contributed by atoms with Crippen LogP contribution < -0.4 is 21.3 Å². The molecular formula is C33H39ClN10O3. The maximum absolute atomic E-state index is 12.5. The Labute approximate surface area is 276 Å². The molecule has 2 aliphatic carbocycles. The lowest BCUT2D eigenvalue weighted by Crippen LogP contribution is -2.52. The molecule has 4 aromatic heterocycles. The summed E-state index contributed by atoms with van der Waals surface area (Å²) in [6, 6.07) is 3.45. The third kappa shape index (κ3) is 5.19. The average Bonchev–Trinajstić information content (AvgIpc) is 3.68. The molecule has 3 aliphatic heterocycles. The van der Waals surface area contributed by atoms with Crippen LogP contribution in [0.15, 0.2) is 24.5 Å². The van der Waals surface area contributed by atoms with Gasteiger partial charge in [0.1, 0.15) is 28.7 Å². The minimum atomic E-state index is -0.307. The Hall–Kier alpha value is -4.26. The summed E-state index contributed by atoms with van der Waals surface area (Å²) >= 11 is 5.95. The van der Waals surface area contributed by atoms with Crippen molar-refractivity contribution in [2.24, 2.45) is 0 Å². The lowest BCUT2D eigenvalue weighted by Gasteiger charge is -2.42. The van der Waals surface area contributed by atoms with E-state index in [2.05, 4.69) is 45.4 Å².